The van der Waals surface area contributed by atoms with Crippen LogP contribution in [0.3, 0.4) is 0 Å². The second-order valence-electron chi connectivity index (χ2n) is 7.54. The molecular formula is C23H24N2O4. The van der Waals surface area contributed by atoms with Crippen molar-refractivity contribution in [2.24, 2.45) is 0 Å². The maximum absolute atomic E-state index is 12.6. The molecule has 0 spiro atoms. The van der Waals surface area contributed by atoms with Gasteiger partial charge in [0, 0.05) is 30.1 Å². The minimum Gasteiger partial charge on any atom is -0.469 e. The molecule has 6 nitrogen and oxygen atoms in total. The highest BCUT2D eigenvalue weighted by Crippen LogP contribution is 2.35. The van der Waals surface area contributed by atoms with E-state index in [0.29, 0.717) is 13.0 Å². The zero-order valence-electron chi connectivity index (χ0n) is 16.4. The third-order valence-corrected chi connectivity index (χ3v) is 5.83. The van der Waals surface area contributed by atoms with Gasteiger partial charge in [-0.05, 0) is 36.1 Å². The van der Waals surface area contributed by atoms with E-state index in [4.69, 9.17) is 4.74 Å². The second kappa shape index (κ2) is 8.07. The van der Waals surface area contributed by atoms with E-state index < -0.39 is 0 Å². The number of amides is 2. The molecule has 29 heavy (non-hydrogen) atoms. The quantitative estimate of drug-likeness (QED) is 0.791. The number of Topliss-reactive ketones (excluding diaryl/α,β-unsaturated/α-hetero) is 1. The van der Waals surface area contributed by atoms with Crippen molar-refractivity contribution in [3.63, 3.8) is 0 Å². The SMILES string of the molecule is COC(=O)CC(c1ccc2c(c1)CCCC2=O)C1CNC(=O)N1c1ccccc1. The second-order valence-corrected chi connectivity index (χ2v) is 7.54. The van der Waals surface area contributed by atoms with Gasteiger partial charge in [0.1, 0.15) is 0 Å². The van der Waals surface area contributed by atoms with Gasteiger partial charge in [0.25, 0.3) is 0 Å². The molecule has 2 aromatic carbocycles. The molecule has 0 aromatic heterocycles. The lowest BCUT2D eigenvalue weighted by molar-refractivity contribution is -0.141. The lowest BCUT2D eigenvalue weighted by Crippen LogP contribution is -2.39. The van der Waals surface area contributed by atoms with Crippen LogP contribution in [0.5, 0.6) is 0 Å². The number of benzene rings is 2. The summed E-state index contributed by atoms with van der Waals surface area (Å²) in [5.41, 5.74) is 3.54. The van der Waals surface area contributed by atoms with Gasteiger partial charge in [-0.1, -0.05) is 36.4 Å². The Kier molecular flexibility index (Phi) is 5.34. The smallest absolute Gasteiger partial charge is 0.322 e. The Morgan fingerprint density at radius 2 is 1.97 bits per heavy atom. The number of para-hydroxylation sites is 1. The average molecular weight is 392 g/mol. The number of carbonyl (C=O) groups is 3. The molecule has 2 unspecified atom stereocenters. The number of nitrogens with one attached hydrogen (secondary N) is 1. The lowest BCUT2D eigenvalue weighted by atomic mass is 9.83. The van der Waals surface area contributed by atoms with Gasteiger partial charge in [-0.15, -0.1) is 0 Å². The molecule has 2 amide bonds. The van der Waals surface area contributed by atoms with Gasteiger partial charge in [-0.3, -0.25) is 14.5 Å². The fraction of sp³-hybridized carbons (Fsp3) is 0.348. The molecule has 0 saturated carbocycles. The fourth-order valence-electron chi connectivity index (χ4n) is 4.37. The normalized spacial score (nSPS) is 19.5. The number of ketones is 1. The number of ether oxygens (including phenoxy) is 1. The number of hydrogen-bond acceptors (Lipinski definition) is 4. The summed E-state index contributed by atoms with van der Waals surface area (Å²) in [5, 5.41) is 2.91. The first kappa shape index (κ1) is 19.2. The van der Waals surface area contributed by atoms with Crippen molar-refractivity contribution in [2.75, 3.05) is 18.6 Å². The zero-order valence-corrected chi connectivity index (χ0v) is 16.4. The molecule has 1 aliphatic heterocycles. The van der Waals surface area contributed by atoms with E-state index in [-0.39, 0.29) is 36.2 Å². The van der Waals surface area contributed by atoms with Gasteiger partial charge in [-0.25, -0.2) is 4.79 Å². The van der Waals surface area contributed by atoms with Crippen LogP contribution in [0.4, 0.5) is 10.5 Å². The Balaban J connectivity index is 1.73. The van der Waals surface area contributed by atoms with Crippen molar-refractivity contribution in [1.29, 1.82) is 0 Å². The number of methoxy groups -OCH3 is 1. The Labute approximate surface area is 169 Å². The van der Waals surface area contributed by atoms with E-state index in [2.05, 4.69) is 5.32 Å². The number of hydrogen-bond donors (Lipinski definition) is 1. The van der Waals surface area contributed by atoms with Crippen LogP contribution in [0.1, 0.15) is 46.7 Å². The standard InChI is InChI=1S/C23H24N2O4/c1-29-22(27)13-19(16-10-11-18-15(12-16)6-5-9-21(18)26)20-14-24-23(28)25(20)17-7-3-2-4-8-17/h2-4,7-8,10-12,19-20H,5-6,9,13-14H2,1H3,(H,24,28). The number of aryl methyl sites for hydroxylation is 1. The minimum absolute atomic E-state index is 0.159. The van der Waals surface area contributed by atoms with Crippen LogP contribution < -0.4 is 10.2 Å². The van der Waals surface area contributed by atoms with Crippen molar-refractivity contribution in [3.8, 4) is 0 Å². The number of fused-ring (bicyclic) bond motifs is 1. The summed E-state index contributed by atoms with van der Waals surface area (Å²) < 4.78 is 4.94. The highest BCUT2D eigenvalue weighted by atomic mass is 16.5. The van der Waals surface area contributed by atoms with Crippen LogP contribution in [-0.2, 0) is 16.0 Å². The van der Waals surface area contributed by atoms with Gasteiger partial charge in [-0.2, -0.15) is 0 Å². The Morgan fingerprint density at radius 3 is 2.72 bits per heavy atom. The molecule has 2 aromatic rings. The van der Waals surface area contributed by atoms with Gasteiger partial charge >= 0.3 is 12.0 Å². The highest BCUT2D eigenvalue weighted by molar-refractivity contribution is 5.98. The molecule has 150 valence electrons. The van der Waals surface area contributed by atoms with Crippen LogP contribution >= 0.6 is 0 Å². The van der Waals surface area contributed by atoms with E-state index >= 15 is 0 Å². The van der Waals surface area contributed by atoms with E-state index in [1.807, 2.05) is 48.5 Å². The Morgan fingerprint density at radius 1 is 1.17 bits per heavy atom. The third kappa shape index (κ3) is 3.75. The molecule has 1 heterocycles. The van der Waals surface area contributed by atoms with Gasteiger partial charge in [0.2, 0.25) is 0 Å². The van der Waals surface area contributed by atoms with Crippen LogP contribution in [-0.4, -0.2) is 37.5 Å². The van der Waals surface area contributed by atoms with Crippen molar-refractivity contribution in [1.82, 2.24) is 5.32 Å². The first-order chi connectivity index (χ1) is 14.1. The number of anilines is 1. The maximum atomic E-state index is 12.6. The summed E-state index contributed by atoms with van der Waals surface area (Å²) in [5.74, 6) is -0.397. The van der Waals surface area contributed by atoms with Crippen molar-refractivity contribution in [3.05, 3.63) is 65.2 Å². The lowest BCUT2D eigenvalue weighted by Gasteiger charge is -2.31. The van der Waals surface area contributed by atoms with Crippen molar-refractivity contribution in [2.45, 2.75) is 37.6 Å². The Hall–Kier alpha value is -3.15. The van der Waals surface area contributed by atoms with Gasteiger partial charge < -0.3 is 10.1 Å². The van der Waals surface area contributed by atoms with E-state index in [9.17, 15) is 14.4 Å². The van der Waals surface area contributed by atoms with Crippen LogP contribution in [0.15, 0.2) is 48.5 Å². The summed E-state index contributed by atoms with van der Waals surface area (Å²) in [6, 6.07) is 14.9. The van der Waals surface area contributed by atoms with Gasteiger partial charge in [0.15, 0.2) is 5.78 Å². The summed E-state index contributed by atoms with van der Waals surface area (Å²) in [4.78, 5) is 38.7. The monoisotopic (exact) mass is 392 g/mol. The molecule has 0 bridgehead atoms. The van der Waals surface area contributed by atoms with Crippen LogP contribution in [0.2, 0.25) is 0 Å². The Bertz CT molecular complexity index is 941. The van der Waals surface area contributed by atoms with Crippen LogP contribution in [0, 0.1) is 0 Å². The summed E-state index contributed by atoms with van der Waals surface area (Å²) in [6.07, 6.45) is 2.44. The molecule has 1 aliphatic carbocycles. The molecule has 1 fully saturated rings. The van der Waals surface area contributed by atoms with E-state index in [0.717, 1.165) is 35.2 Å². The molecule has 2 aliphatic rings. The molecule has 1 N–H and O–H groups in total. The van der Waals surface area contributed by atoms with Crippen molar-refractivity contribution >= 4 is 23.5 Å². The number of esters is 1. The predicted octanol–water partition coefficient (Wildman–Crippen LogP) is 3.45. The molecule has 6 heteroatoms. The van der Waals surface area contributed by atoms with Gasteiger partial charge in [0.05, 0.1) is 19.6 Å². The van der Waals surface area contributed by atoms with Crippen LogP contribution in [0.25, 0.3) is 0 Å². The average Bonchev–Trinajstić information content (AvgIpc) is 3.13. The molecule has 0 radical (unpaired) electrons. The highest BCUT2D eigenvalue weighted by Gasteiger charge is 2.39. The summed E-state index contributed by atoms with van der Waals surface area (Å²) in [7, 11) is 1.37. The summed E-state index contributed by atoms with van der Waals surface area (Å²) in [6.45, 7) is 0.436. The number of carbonyl (C=O) groups excluding carboxylic acids is 3. The first-order valence-electron chi connectivity index (χ1n) is 9.93. The summed E-state index contributed by atoms with van der Waals surface area (Å²) >= 11 is 0. The number of nitrogens with zero attached hydrogens (tertiary/aromatic N) is 1. The minimum atomic E-state index is -0.323. The molecule has 1 saturated heterocycles. The van der Waals surface area contributed by atoms with Crippen molar-refractivity contribution < 1.29 is 19.1 Å². The largest absolute Gasteiger partial charge is 0.469 e. The fourth-order valence-corrected chi connectivity index (χ4v) is 4.37. The predicted molar refractivity (Wildman–Crippen MR) is 109 cm³/mol. The first-order valence-corrected chi connectivity index (χ1v) is 9.93. The molecule has 4 rings (SSSR count). The zero-order chi connectivity index (χ0) is 20.4. The third-order valence-electron chi connectivity index (χ3n) is 5.83. The van der Waals surface area contributed by atoms with E-state index in [1.165, 1.54) is 7.11 Å². The van der Waals surface area contributed by atoms with E-state index in [1.54, 1.807) is 4.90 Å². The number of urea groups is 1. The topological polar surface area (TPSA) is 75.7 Å². The number of rotatable bonds is 5. The maximum Gasteiger partial charge on any atom is 0.322 e. The molecule has 2 atom stereocenters. The molecular weight excluding hydrogens is 368 g/mol.